The molecular weight excluding hydrogens is 400 g/mol. The van der Waals surface area contributed by atoms with Gasteiger partial charge in [-0.25, -0.2) is 4.85 Å². The van der Waals surface area contributed by atoms with Crippen molar-refractivity contribution in [3.05, 3.63) is 123 Å². The van der Waals surface area contributed by atoms with E-state index in [1.54, 1.807) is 0 Å². The third-order valence-electron chi connectivity index (χ3n) is 7.74. The summed E-state index contributed by atoms with van der Waals surface area (Å²) in [4.78, 5) is 7.70. The largest absolute Gasteiger partial charge is 0.356 e. The molecule has 1 N–H and O–H groups in total. The van der Waals surface area contributed by atoms with E-state index in [2.05, 4.69) is 103 Å². The molecule has 33 heavy (non-hydrogen) atoms. The van der Waals surface area contributed by atoms with Gasteiger partial charge in [-0.2, -0.15) is 0 Å². The van der Waals surface area contributed by atoms with Gasteiger partial charge in [0, 0.05) is 33.6 Å². The predicted octanol–water partition coefficient (Wildman–Crippen LogP) is 8.16. The Bertz CT molecular complexity index is 1620. The highest BCUT2D eigenvalue weighted by atomic mass is 14.7. The van der Waals surface area contributed by atoms with Gasteiger partial charge in [-0.3, -0.25) is 0 Å². The van der Waals surface area contributed by atoms with Crippen LogP contribution in [0.1, 0.15) is 71.6 Å². The molecule has 0 aliphatic heterocycles. The zero-order chi connectivity index (χ0) is 22.5. The summed E-state index contributed by atoms with van der Waals surface area (Å²) in [5, 5.41) is 2.56. The summed E-state index contributed by atoms with van der Waals surface area (Å²) in [6.45, 7) is 14.9. The van der Waals surface area contributed by atoms with Gasteiger partial charge < -0.3 is 4.98 Å². The Kier molecular flexibility index (Phi) is 3.49. The highest BCUT2D eigenvalue weighted by Gasteiger charge is 2.43. The predicted molar refractivity (Wildman–Crippen MR) is 136 cm³/mol. The molecule has 0 atom stereocenters. The smallest absolute Gasteiger partial charge is 0.193 e. The summed E-state index contributed by atoms with van der Waals surface area (Å²) >= 11 is 0. The van der Waals surface area contributed by atoms with Crippen LogP contribution in [0.2, 0.25) is 0 Å². The number of benzene rings is 4. The van der Waals surface area contributed by atoms with Crippen LogP contribution in [0.3, 0.4) is 0 Å². The van der Waals surface area contributed by atoms with Crippen LogP contribution >= 0.6 is 0 Å². The number of nitrogens with zero attached hydrogens (tertiary/aromatic N) is 1. The van der Waals surface area contributed by atoms with Crippen molar-refractivity contribution >= 4 is 27.5 Å². The molecule has 3 aliphatic carbocycles. The highest BCUT2D eigenvalue weighted by molar-refractivity contribution is 6.12. The van der Waals surface area contributed by atoms with Crippen molar-refractivity contribution < 1.29 is 0 Å². The van der Waals surface area contributed by atoms with Gasteiger partial charge in [0.15, 0.2) is 5.69 Å². The molecule has 2 heteroatoms. The molecule has 2 nitrogen and oxygen atoms in total. The van der Waals surface area contributed by atoms with Gasteiger partial charge in [0.25, 0.3) is 0 Å². The van der Waals surface area contributed by atoms with Gasteiger partial charge in [0.05, 0.1) is 6.57 Å². The Hall–Kier alpha value is -3.83. The summed E-state index contributed by atoms with van der Waals surface area (Å²) in [6, 6.07) is 26.6. The second-order valence-corrected chi connectivity index (χ2v) is 10.5. The van der Waals surface area contributed by atoms with E-state index in [0.29, 0.717) is 0 Å². The minimum absolute atomic E-state index is 0.0759. The lowest BCUT2D eigenvalue weighted by atomic mass is 9.60. The van der Waals surface area contributed by atoms with Crippen LogP contribution in [0.25, 0.3) is 26.7 Å². The molecule has 0 amide bonds. The molecule has 0 saturated heterocycles. The average Bonchev–Trinajstić information content (AvgIpc) is 3.20. The van der Waals surface area contributed by atoms with Crippen molar-refractivity contribution in [2.45, 2.75) is 38.0 Å². The average molecular weight is 425 g/mol. The SMILES string of the molecule is [C-]#[N+]c1cc2[nH]c3ccc(C(C)(C)C)cc3c2c2c1C1c3ccccc3C2c2ccccc21. The Balaban J connectivity index is 1.68. The molecule has 0 spiro atoms. The van der Waals surface area contributed by atoms with E-state index in [1.807, 2.05) is 0 Å². The fourth-order valence-corrected chi connectivity index (χ4v) is 6.29. The first-order valence-corrected chi connectivity index (χ1v) is 11.6. The highest BCUT2D eigenvalue weighted by Crippen LogP contribution is 2.60. The maximum Gasteiger partial charge on any atom is 0.193 e. The summed E-state index contributed by atoms with van der Waals surface area (Å²) in [6.07, 6.45) is 0. The Morgan fingerprint density at radius 2 is 1.30 bits per heavy atom. The summed E-state index contributed by atoms with van der Waals surface area (Å²) in [5.74, 6) is 0.264. The first kappa shape index (κ1) is 18.7. The summed E-state index contributed by atoms with van der Waals surface area (Å²) < 4.78 is 0. The van der Waals surface area contributed by atoms with Crippen LogP contribution in [0, 0.1) is 6.57 Å². The minimum Gasteiger partial charge on any atom is -0.356 e. The van der Waals surface area contributed by atoms with Crippen molar-refractivity contribution in [2.75, 3.05) is 0 Å². The molecular formula is C31H24N2. The standard InChI is InChI=1S/C31H24N2/c1-31(2,3)17-13-14-23-22(15-17)28-25(33-23)16-24(32-4)29-26-18-9-5-7-11-20(18)27(30(28)29)21-12-8-6-10-19(21)26/h5-16,26-27,33H,1-3H3. The van der Waals surface area contributed by atoms with Gasteiger partial charge in [0.2, 0.25) is 0 Å². The minimum atomic E-state index is 0.0759. The Labute approximate surface area is 193 Å². The van der Waals surface area contributed by atoms with Gasteiger partial charge >= 0.3 is 0 Å². The lowest BCUT2D eigenvalue weighted by Crippen LogP contribution is -2.27. The van der Waals surface area contributed by atoms with Crippen molar-refractivity contribution in [2.24, 2.45) is 0 Å². The first-order valence-electron chi connectivity index (χ1n) is 11.6. The van der Waals surface area contributed by atoms with Crippen molar-refractivity contribution in [1.29, 1.82) is 0 Å². The third-order valence-corrected chi connectivity index (χ3v) is 7.74. The van der Waals surface area contributed by atoms with E-state index in [4.69, 9.17) is 6.57 Å². The molecule has 0 saturated carbocycles. The normalized spacial score (nSPS) is 18.1. The molecule has 158 valence electrons. The molecule has 8 rings (SSSR count). The molecule has 2 bridgehead atoms. The van der Waals surface area contributed by atoms with E-state index in [9.17, 15) is 0 Å². The van der Waals surface area contributed by atoms with E-state index >= 15 is 0 Å². The number of nitrogens with one attached hydrogen (secondary N) is 1. The van der Waals surface area contributed by atoms with Gasteiger partial charge in [-0.15, -0.1) is 0 Å². The first-order chi connectivity index (χ1) is 16.0. The number of H-pyrrole nitrogens is 1. The van der Waals surface area contributed by atoms with Gasteiger partial charge in [-0.05, 0) is 62.6 Å². The Morgan fingerprint density at radius 1 is 0.727 bits per heavy atom. The van der Waals surface area contributed by atoms with Gasteiger partial charge in [0.1, 0.15) is 0 Å². The quantitative estimate of drug-likeness (QED) is 0.237. The number of aromatic nitrogens is 1. The van der Waals surface area contributed by atoms with E-state index in [1.165, 1.54) is 49.7 Å². The topological polar surface area (TPSA) is 20.1 Å². The molecule has 0 fully saturated rings. The monoisotopic (exact) mass is 424 g/mol. The van der Waals surface area contributed by atoms with Crippen molar-refractivity contribution in [3.63, 3.8) is 0 Å². The van der Waals surface area contributed by atoms with Crippen LogP contribution in [0.15, 0.2) is 72.8 Å². The second-order valence-electron chi connectivity index (χ2n) is 10.5. The Morgan fingerprint density at radius 3 is 1.85 bits per heavy atom. The molecule has 0 radical (unpaired) electrons. The van der Waals surface area contributed by atoms with E-state index < -0.39 is 0 Å². The van der Waals surface area contributed by atoms with Crippen LogP contribution in [-0.4, -0.2) is 4.98 Å². The van der Waals surface area contributed by atoms with Gasteiger partial charge in [-0.1, -0.05) is 75.4 Å². The lowest BCUT2D eigenvalue weighted by molar-refractivity contribution is 0.591. The molecule has 1 aromatic heterocycles. The molecule has 1 heterocycles. The second kappa shape index (κ2) is 6.15. The number of aromatic amines is 1. The van der Waals surface area contributed by atoms with E-state index in [0.717, 1.165) is 16.7 Å². The maximum absolute atomic E-state index is 8.07. The number of hydrogen-bond donors (Lipinski definition) is 1. The van der Waals surface area contributed by atoms with Crippen LogP contribution in [0.5, 0.6) is 0 Å². The number of hydrogen-bond acceptors (Lipinski definition) is 0. The summed E-state index contributed by atoms with van der Waals surface area (Å²) in [5.41, 5.74) is 12.4. The van der Waals surface area contributed by atoms with Crippen LogP contribution in [0.4, 0.5) is 5.69 Å². The molecule has 5 aromatic rings. The van der Waals surface area contributed by atoms with Crippen LogP contribution in [-0.2, 0) is 5.41 Å². The third kappa shape index (κ3) is 2.32. The summed E-state index contributed by atoms with van der Waals surface area (Å²) in [7, 11) is 0. The van der Waals surface area contributed by atoms with Crippen molar-refractivity contribution in [3.8, 4) is 0 Å². The zero-order valence-corrected chi connectivity index (χ0v) is 19.0. The van der Waals surface area contributed by atoms with E-state index in [-0.39, 0.29) is 17.3 Å². The fraction of sp³-hybridized carbons (Fsp3) is 0.194. The number of fused-ring (bicyclic) bond motifs is 3. The maximum atomic E-state index is 8.07. The fourth-order valence-electron chi connectivity index (χ4n) is 6.29. The zero-order valence-electron chi connectivity index (χ0n) is 19.0. The number of rotatable bonds is 0. The molecule has 3 aliphatic rings. The lowest BCUT2D eigenvalue weighted by Gasteiger charge is -2.43. The van der Waals surface area contributed by atoms with Crippen molar-refractivity contribution in [1.82, 2.24) is 4.98 Å². The van der Waals surface area contributed by atoms with Crippen LogP contribution < -0.4 is 0 Å². The molecule has 0 unspecified atom stereocenters. The molecule has 4 aromatic carbocycles.